The molecule has 0 saturated heterocycles. The summed E-state index contributed by atoms with van der Waals surface area (Å²) >= 11 is 3.12. The topological polar surface area (TPSA) is 71.0 Å². The standard InChI is InChI=1S/C22H24N4O2S2/c1-16-11-13-25(18-9-5-6-10-19(18)30-16)20(27)15-29-22-24-23-21(28)26(22)14-12-17-7-3-2-4-8-17/h2-10,16H,11-15H2,1H3,(H,23,28). The maximum Gasteiger partial charge on any atom is 0.343 e. The first kappa shape index (κ1) is 20.8. The van der Waals surface area contributed by atoms with Crippen LogP contribution in [-0.2, 0) is 17.8 Å². The van der Waals surface area contributed by atoms with Crippen LogP contribution >= 0.6 is 23.5 Å². The summed E-state index contributed by atoms with van der Waals surface area (Å²) in [5.41, 5.74) is 1.89. The normalized spacial score (nSPS) is 16.2. The van der Waals surface area contributed by atoms with Gasteiger partial charge in [-0.1, -0.05) is 61.2 Å². The van der Waals surface area contributed by atoms with Crippen LogP contribution in [-0.4, -0.2) is 38.2 Å². The summed E-state index contributed by atoms with van der Waals surface area (Å²) in [6.07, 6.45) is 1.68. The predicted octanol–water partition coefficient (Wildman–Crippen LogP) is 3.82. The van der Waals surface area contributed by atoms with Gasteiger partial charge in [0, 0.05) is 23.2 Å². The predicted molar refractivity (Wildman–Crippen MR) is 122 cm³/mol. The zero-order chi connectivity index (χ0) is 20.9. The van der Waals surface area contributed by atoms with Crippen molar-refractivity contribution in [2.24, 2.45) is 0 Å². The Bertz CT molecular complexity index is 1060. The summed E-state index contributed by atoms with van der Waals surface area (Å²) in [7, 11) is 0. The zero-order valence-electron chi connectivity index (χ0n) is 16.8. The second kappa shape index (κ2) is 9.57. The second-order valence-electron chi connectivity index (χ2n) is 7.22. The van der Waals surface area contributed by atoms with E-state index in [1.807, 2.05) is 65.2 Å². The Balaban J connectivity index is 1.44. The lowest BCUT2D eigenvalue weighted by Crippen LogP contribution is -2.33. The van der Waals surface area contributed by atoms with E-state index in [1.54, 1.807) is 4.57 Å². The highest BCUT2D eigenvalue weighted by atomic mass is 32.2. The van der Waals surface area contributed by atoms with Gasteiger partial charge in [-0.25, -0.2) is 9.89 Å². The summed E-state index contributed by atoms with van der Waals surface area (Å²) < 4.78 is 1.61. The molecule has 0 saturated carbocycles. The van der Waals surface area contributed by atoms with E-state index in [1.165, 1.54) is 11.8 Å². The van der Waals surface area contributed by atoms with Crippen LogP contribution in [0.4, 0.5) is 5.69 Å². The van der Waals surface area contributed by atoms with E-state index in [9.17, 15) is 9.59 Å². The number of aromatic nitrogens is 3. The van der Waals surface area contributed by atoms with Crippen molar-refractivity contribution in [2.75, 3.05) is 17.2 Å². The molecule has 8 heteroatoms. The summed E-state index contributed by atoms with van der Waals surface area (Å²) in [6, 6.07) is 18.1. The van der Waals surface area contributed by atoms with Gasteiger partial charge in [-0.15, -0.1) is 16.9 Å². The summed E-state index contributed by atoms with van der Waals surface area (Å²) in [5.74, 6) is 0.274. The van der Waals surface area contributed by atoms with Crippen LogP contribution in [0.5, 0.6) is 0 Å². The van der Waals surface area contributed by atoms with Crippen LogP contribution in [0.2, 0.25) is 0 Å². The largest absolute Gasteiger partial charge is 0.343 e. The molecule has 1 N–H and O–H groups in total. The average molecular weight is 441 g/mol. The number of H-pyrrole nitrogens is 1. The molecule has 1 unspecified atom stereocenters. The molecular weight excluding hydrogens is 416 g/mol. The lowest BCUT2D eigenvalue weighted by atomic mass is 10.1. The smallest absolute Gasteiger partial charge is 0.311 e. The van der Waals surface area contributed by atoms with E-state index in [0.29, 0.717) is 23.5 Å². The van der Waals surface area contributed by atoms with E-state index in [4.69, 9.17) is 0 Å². The Morgan fingerprint density at radius 1 is 1.20 bits per heavy atom. The fourth-order valence-electron chi connectivity index (χ4n) is 3.45. The lowest BCUT2D eigenvalue weighted by Gasteiger charge is -2.22. The number of nitrogens with one attached hydrogen (secondary N) is 1. The number of nitrogens with zero attached hydrogens (tertiary/aromatic N) is 3. The molecule has 1 amide bonds. The fourth-order valence-corrected chi connectivity index (χ4v) is 5.41. The molecular formula is C22H24N4O2S2. The Morgan fingerprint density at radius 3 is 2.80 bits per heavy atom. The lowest BCUT2D eigenvalue weighted by molar-refractivity contribution is -0.116. The van der Waals surface area contributed by atoms with E-state index in [0.717, 1.165) is 29.0 Å². The number of aromatic amines is 1. The molecule has 3 aromatic rings. The van der Waals surface area contributed by atoms with Crippen molar-refractivity contribution in [1.82, 2.24) is 14.8 Å². The van der Waals surface area contributed by atoms with Crippen LogP contribution in [0, 0.1) is 0 Å². The van der Waals surface area contributed by atoms with Crippen molar-refractivity contribution in [3.8, 4) is 0 Å². The molecule has 0 radical (unpaired) electrons. The fraction of sp³-hybridized carbons (Fsp3) is 0.318. The molecule has 30 heavy (non-hydrogen) atoms. The molecule has 2 aromatic carbocycles. The van der Waals surface area contributed by atoms with Crippen LogP contribution < -0.4 is 10.6 Å². The Kier molecular flexibility index (Phi) is 6.64. The summed E-state index contributed by atoms with van der Waals surface area (Å²) in [5, 5.41) is 7.67. The molecule has 0 bridgehead atoms. The second-order valence-corrected chi connectivity index (χ2v) is 9.64. The van der Waals surface area contributed by atoms with Gasteiger partial charge in [-0.3, -0.25) is 9.36 Å². The average Bonchev–Trinajstić information content (AvgIpc) is 3.01. The van der Waals surface area contributed by atoms with Crippen molar-refractivity contribution in [3.05, 3.63) is 70.6 Å². The number of carbonyl (C=O) groups is 1. The number of amides is 1. The molecule has 156 valence electrons. The quantitative estimate of drug-likeness (QED) is 0.590. The van der Waals surface area contributed by atoms with E-state index in [2.05, 4.69) is 23.2 Å². The minimum atomic E-state index is -0.244. The molecule has 0 fully saturated rings. The van der Waals surface area contributed by atoms with Gasteiger partial charge >= 0.3 is 5.69 Å². The highest BCUT2D eigenvalue weighted by Crippen LogP contribution is 2.37. The van der Waals surface area contributed by atoms with E-state index < -0.39 is 0 Å². The molecule has 0 spiro atoms. The number of rotatable bonds is 6. The van der Waals surface area contributed by atoms with Crippen LogP contribution in [0.3, 0.4) is 0 Å². The van der Waals surface area contributed by atoms with Crippen molar-refractivity contribution in [3.63, 3.8) is 0 Å². The molecule has 1 atom stereocenters. The number of hydrogen-bond donors (Lipinski definition) is 1. The Hall–Kier alpha value is -2.45. The minimum Gasteiger partial charge on any atom is -0.311 e. The summed E-state index contributed by atoms with van der Waals surface area (Å²) in [4.78, 5) is 28.3. The van der Waals surface area contributed by atoms with Gasteiger partial charge in [0.25, 0.3) is 0 Å². The number of thioether (sulfide) groups is 2. The van der Waals surface area contributed by atoms with Crippen LogP contribution in [0.15, 0.2) is 69.4 Å². The summed E-state index contributed by atoms with van der Waals surface area (Å²) in [6.45, 7) is 3.42. The number of fused-ring (bicyclic) bond motifs is 1. The van der Waals surface area contributed by atoms with Gasteiger partial charge in [0.1, 0.15) is 0 Å². The number of anilines is 1. The van der Waals surface area contributed by atoms with Crippen LogP contribution in [0.25, 0.3) is 0 Å². The highest BCUT2D eigenvalue weighted by Gasteiger charge is 2.24. The van der Waals surface area contributed by atoms with Gasteiger partial charge < -0.3 is 4.90 Å². The molecule has 2 heterocycles. The first-order valence-electron chi connectivity index (χ1n) is 10.00. The van der Waals surface area contributed by atoms with Crippen molar-refractivity contribution < 1.29 is 4.79 Å². The number of benzene rings is 2. The maximum atomic E-state index is 13.1. The van der Waals surface area contributed by atoms with Gasteiger partial charge in [0.15, 0.2) is 5.16 Å². The molecule has 4 rings (SSSR count). The number of hydrogen-bond acceptors (Lipinski definition) is 5. The molecule has 6 nitrogen and oxygen atoms in total. The Labute approximate surface area is 184 Å². The van der Waals surface area contributed by atoms with Gasteiger partial charge in [-0.2, -0.15) is 0 Å². The first-order valence-corrected chi connectivity index (χ1v) is 11.9. The molecule has 1 aliphatic heterocycles. The Morgan fingerprint density at radius 2 is 1.97 bits per heavy atom. The first-order chi connectivity index (χ1) is 14.6. The minimum absolute atomic E-state index is 0.0345. The van der Waals surface area contributed by atoms with Crippen molar-refractivity contribution in [2.45, 2.75) is 41.6 Å². The van der Waals surface area contributed by atoms with Gasteiger partial charge in [0.2, 0.25) is 5.91 Å². The van der Waals surface area contributed by atoms with Gasteiger partial charge in [0.05, 0.1) is 11.4 Å². The zero-order valence-corrected chi connectivity index (χ0v) is 18.4. The highest BCUT2D eigenvalue weighted by molar-refractivity contribution is 8.00. The molecule has 1 aliphatic rings. The van der Waals surface area contributed by atoms with Crippen LogP contribution in [0.1, 0.15) is 18.9 Å². The third kappa shape index (κ3) is 4.82. The maximum absolute atomic E-state index is 13.1. The van der Waals surface area contributed by atoms with E-state index in [-0.39, 0.29) is 17.3 Å². The number of para-hydroxylation sites is 1. The number of aryl methyl sites for hydroxylation is 1. The molecule has 1 aromatic heterocycles. The van der Waals surface area contributed by atoms with Crippen molar-refractivity contribution >= 4 is 35.1 Å². The third-order valence-electron chi connectivity index (χ3n) is 5.06. The number of carbonyl (C=O) groups excluding carboxylic acids is 1. The van der Waals surface area contributed by atoms with Crippen molar-refractivity contribution in [1.29, 1.82) is 0 Å². The van der Waals surface area contributed by atoms with Gasteiger partial charge in [-0.05, 0) is 30.5 Å². The monoisotopic (exact) mass is 440 g/mol. The van der Waals surface area contributed by atoms with E-state index >= 15 is 0 Å². The molecule has 0 aliphatic carbocycles. The third-order valence-corrected chi connectivity index (χ3v) is 7.26. The SMILES string of the molecule is CC1CCN(C(=O)CSc2n[nH]c(=O)n2CCc2ccccc2)c2ccccc2S1.